The molecule has 2 aliphatic rings. The number of hydrogen-bond donors (Lipinski definition) is 1. The molecule has 0 radical (unpaired) electrons. The van der Waals surface area contributed by atoms with Crippen LogP contribution in [-0.4, -0.2) is 62.2 Å². The molecule has 17 heavy (non-hydrogen) atoms. The van der Waals surface area contributed by atoms with Crippen molar-refractivity contribution in [3.05, 3.63) is 0 Å². The van der Waals surface area contributed by atoms with E-state index in [9.17, 15) is 0 Å². The van der Waals surface area contributed by atoms with E-state index in [1.807, 2.05) is 0 Å². The van der Waals surface area contributed by atoms with E-state index in [0.717, 1.165) is 18.6 Å². The average Bonchev–Trinajstić information content (AvgIpc) is 3.14. The van der Waals surface area contributed by atoms with E-state index in [0.29, 0.717) is 0 Å². The molecule has 0 aromatic heterocycles. The Bertz CT molecular complexity index is 216. The zero-order valence-electron chi connectivity index (χ0n) is 11.6. The normalized spacial score (nSPS) is 26.6. The molecular weight excluding hydrogens is 210 g/mol. The standard InChI is InChI=1S/C14H29N3/c1-16-11-4-3-5-13(16)8-9-15-10-12-17(2)14-6-7-14/h13-15H,3-12H2,1-2H3. The van der Waals surface area contributed by atoms with Gasteiger partial charge in [-0.15, -0.1) is 0 Å². The highest BCUT2D eigenvalue weighted by molar-refractivity contribution is 4.82. The molecule has 0 aromatic rings. The van der Waals surface area contributed by atoms with Crippen molar-refractivity contribution in [3.8, 4) is 0 Å². The van der Waals surface area contributed by atoms with Gasteiger partial charge in [-0.1, -0.05) is 6.42 Å². The second-order valence-electron chi connectivity index (χ2n) is 5.88. The maximum Gasteiger partial charge on any atom is 0.0107 e. The summed E-state index contributed by atoms with van der Waals surface area (Å²) in [5.41, 5.74) is 0. The lowest BCUT2D eigenvalue weighted by molar-refractivity contribution is 0.175. The molecule has 3 nitrogen and oxygen atoms in total. The molecule has 0 aromatic carbocycles. The SMILES string of the molecule is CN1CCCCC1CCNCCN(C)C1CC1. The molecule has 1 saturated heterocycles. The Morgan fingerprint density at radius 1 is 1.18 bits per heavy atom. The van der Waals surface area contributed by atoms with Gasteiger partial charge in [0.15, 0.2) is 0 Å². The van der Waals surface area contributed by atoms with Gasteiger partial charge in [-0.25, -0.2) is 0 Å². The number of hydrogen-bond acceptors (Lipinski definition) is 3. The van der Waals surface area contributed by atoms with Crippen LogP contribution in [0.4, 0.5) is 0 Å². The van der Waals surface area contributed by atoms with Crippen molar-refractivity contribution in [1.29, 1.82) is 0 Å². The number of rotatable bonds is 7. The lowest BCUT2D eigenvalue weighted by Crippen LogP contribution is -2.39. The minimum atomic E-state index is 0.831. The lowest BCUT2D eigenvalue weighted by atomic mass is 10.0. The molecule has 1 saturated carbocycles. The van der Waals surface area contributed by atoms with Gasteiger partial charge in [0.05, 0.1) is 0 Å². The van der Waals surface area contributed by atoms with E-state index >= 15 is 0 Å². The first-order valence-electron chi connectivity index (χ1n) is 7.38. The van der Waals surface area contributed by atoms with E-state index in [-0.39, 0.29) is 0 Å². The summed E-state index contributed by atoms with van der Waals surface area (Å²) < 4.78 is 0. The van der Waals surface area contributed by atoms with E-state index < -0.39 is 0 Å². The number of nitrogens with one attached hydrogen (secondary N) is 1. The molecule has 1 atom stereocenters. The fraction of sp³-hybridized carbons (Fsp3) is 1.00. The van der Waals surface area contributed by atoms with Gasteiger partial charge in [0, 0.05) is 25.2 Å². The first-order valence-corrected chi connectivity index (χ1v) is 7.38. The first-order chi connectivity index (χ1) is 8.27. The van der Waals surface area contributed by atoms with E-state index in [4.69, 9.17) is 0 Å². The van der Waals surface area contributed by atoms with Crippen LogP contribution in [-0.2, 0) is 0 Å². The molecule has 3 heteroatoms. The number of likely N-dealkylation sites (tertiary alicyclic amines) is 1. The van der Waals surface area contributed by atoms with Crippen LogP contribution in [0.1, 0.15) is 38.5 Å². The molecule has 1 unspecified atom stereocenters. The summed E-state index contributed by atoms with van der Waals surface area (Å²) in [5, 5.41) is 3.60. The van der Waals surface area contributed by atoms with Gasteiger partial charge in [0.1, 0.15) is 0 Å². The Balaban J connectivity index is 1.47. The molecule has 100 valence electrons. The largest absolute Gasteiger partial charge is 0.315 e. The monoisotopic (exact) mass is 239 g/mol. The molecule has 2 rings (SSSR count). The van der Waals surface area contributed by atoms with Gasteiger partial charge < -0.3 is 15.1 Å². The molecule has 1 aliphatic heterocycles. The van der Waals surface area contributed by atoms with Gasteiger partial charge in [0.25, 0.3) is 0 Å². The van der Waals surface area contributed by atoms with Crippen LogP contribution >= 0.6 is 0 Å². The zero-order valence-corrected chi connectivity index (χ0v) is 11.6. The fourth-order valence-electron chi connectivity index (χ4n) is 2.86. The van der Waals surface area contributed by atoms with Gasteiger partial charge in [-0.2, -0.15) is 0 Å². The predicted octanol–water partition coefficient (Wildman–Crippen LogP) is 1.54. The van der Waals surface area contributed by atoms with Crippen molar-refractivity contribution in [2.45, 2.75) is 50.6 Å². The Hall–Kier alpha value is -0.120. The third-order valence-electron chi connectivity index (χ3n) is 4.39. The van der Waals surface area contributed by atoms with Crippen LogP contribution in [0.15, 0.2) is 0 Å². The summed E-state index contributed by atoms with van der Waals surface area (Å²) >= 11 is 0. The maximum absolute atomic E-state index is 3.60. The van der Waals surface area contributed by atoms with Gasteiger partial charge >= 0.3 is 0 Å². The lowest BCUT2D eigenvalue weighted by Gasteiger charge is -2.32. The summed E-state index contributed by atoms with van der Waals surface area (Å²) in [5.74, 6) is 0. The van der Waals surface area contributed by atoms with Gasteiger partial charge in [0.2, 0.25) is 0 Å². The van der Waals surface area contributed by atoms with Crippen LogP contribution in [0.5, 0.6) is 0 Å². The summed E-state index contributed by atoms with van der Waals surface area (Å²) in [6.07, 6.45) is 8.39. The van der Waals surface area contributed by atoms with Crippen LogP contribution in [0.25, 0.3) is 0 Å². The van der Waals surface area contributed by atoms with E-state index in [1.54, 1.807) is 0 Å². The van der Waals surface area contributed by atoms with Crippen molar-refractivity contribution < 1.29 is 0 Å². The zero-order chi connectivity index (χ0) is 12.1. The molecule has 1 N–H and O–H groups in total. The Labute approximate surface area is 107 Å². The molecule has 2 fully saturated rings. The Morgan fingerprint density at radius 2 is 2.00 bits per heavy atom. The molecular formula is C14H29N3. The van der Waals surface area contributed by atoms with Crippen molar-refractivity contribution in [1.82, 2.24) is 15.1 Å². The highest BCUT2D eigenvalue weighted by Crippen LogP contribution is 2.24. The number of piperidine rings is 1. The van der Waals surface area contributed by atoms with Crippen molar-refractivity contribution >= 4 is 0 Å². The molecule has 0 spiro atoms. The maximum atomic E-state index is 3.60. The molecule has 1 heterocycles. The van der Waals surface area contributed by atoms with Crippen molar-refractivity contribution in [2.75, 3.05) is 40.3 Å². The highest BCUT2D eigenvalue weighted by Gasteiger charge is 2.25. The number of likely N-dealkylation sites (N-methyl/N-ethyl adjacent to an activating group) is 1. The summed E-state index contributed by atoms with van der Waals surface area (Å²) in [7, 11) is 4.54. The fourth-order valence-corrected chi connectivity index (χ4v) is 2.86. The minimum Gasteiger partial charge on any atom is -0.315 e. The topological polar surface area (TPSA) is 18.5 Å². The Morgan fingerprint density at radius 3 is 2.71 bits per heavy atom. The average molecular weight is 239 g/mol. The quantitative estimate of drug-likeness (QED) is 0.680. The predicted molar refractivity (Wildman–Crippen MR) is 73.4 cm³/mol. The molecule has 1 aliphatic carbocycles. The van der Waals surface area contributed by atoms with Crippen LogP contribution in [0.2, 0.25) is 0 Å². The second kappa shape index (κ2) is 6.72. The molecule has 0 bridgehead atoms. The summed E-state index contributed by atoms with van der Waals surface area (Å²) in [4.78, 5) is 5.04. The van der Waals surface area contributed by atoms with Crippen LogP contribution in [0, 0.1) is 0 Å². The smallest absolute Gasteiger partial charge is 0.0107 e. The van der Waals surface area contributed by atoms with Crippen LogP contribution in [0.3, 0.4) is 0 Å². The third-order valence-corrected chi connectivity index (χ3v) is 4.39. The summed E-state index contributed by atoms with van der Waals surface area (Å²) in [6, 6.07) is 1.73. The first kappa shape index (κ1) is 13.3. The Kier molecular flexibility index (Phi) is 5.26. The minimum absolute atomic E-state index is 0.831. The van der Waals surface area contributed by atoms with Crippen LogP contribution < -0.4 is 5.32 Å². The summed E-state index contributed by atoms with van der Waals surface area (Å²) in [6.45, 7) is 4.86. The van der Waals surface area contributed by atoms with E-state index in [1.165, 1.54) is 58.2 Å². The van der Waals surface area contributed by atoms with Crippen molar-refractivity contribution in [3.63, 3.8) is 0 Å². The second-order valence-corrected chi connectivity index (χ2v) is 5.88. The third kappa shape index (κ3) is 4.57. The van der Waals surface area contributed by atoms with E-state index in [2.05, 4.69) is 29.2 Å². The van der Waals surface area contributed by atoms with Gasteiger partial charge in [-0.05, 0) is 59.3 Å². The van der Waals surface area contributed by atoms with Gasteiger partial charge in [-0.3, -0.25) is 0 Å². The number of nitrogens with zero attached hydrogens (tertiary/aromatic N) is 2. The molecule has 0 amide bonds. The van der Waals surface area contributed by atoms with Crippen molar-refractivity contribution in [2.24, 2.45) is 0 Å². The highest BCUT2D eigenvalue weighted by atomic mass is 15.2.